The Morgan fingerprint density at radius 3 is 3.06 bits per heavy atom. The molecule has 18 heavy (non-hydrogen) atoms. The van der Waals surface area contributed by atoms with Crippen molar-refractivity contribution in [2.45, 2.75) is 18.9 Å². The monoisotopic (exact) mass is 244 g/mol. The van der Waals surface area contributed by atoms with Crippen LogP contribution in [0.4, 0.5) is 11.4 Å². The lowest BCUT2D eigenvalue weighted by Crippen LogP contribution is -2.42. The van der Waals surface area contributed by atoms with Crippen LogP contribution in [0.2, 0.25) is 0 Å². The van der Waals surface area contributed by atoms with Crippen LogP contribution >= 0.6 is 0 Å². The molecular formula is C13H16N4O. The van der Waals surface area contributed by atoms with Gasteiger partial charge in [0.15, 0.2) is 0 Å². The number of benzene rings is 1. The molecule has 0 aliphatic carbocycles. The molecule has 0 saturated carbocycles. The van der Waals surface area contributed by atoms with Gasteiger partial charge < -0.3 is 16.0 Å². The van der Waals surface area contributed by atoms with Crippen molar-refractivity contribution < 1.29 is 4.79 Å². The van der Waals surface area contributed by atoms with Crippen LogP contribution in [0.5, 0.6) is 0 Å². The number of carbonyl (C=O) groups excluding carboxylic acids is 1. The Kier molecular flexibility index (Phi) is 3.38. The van der Waals surface area contributed by atoms with Crippen molar-refractivity contribution in [1.29, 1.82) is 5.26 Å². The highest BCUT2D eigenvalue weighted by Crippen LogP contribution is 2.29. The molecule has 1 saturated heterocycles. The van der Waals surface area contributed by atoms with Crippen LogP contribution in [0.3, 0.4) is 0 Å². The molecule has 0 aromatic heterocycles. The Balaban J connectivity index is 2.36. The SMILES string of the molecule is CNC(=O)C1CCCN1c1ccc(N)cc1C#N. The lowest BCUT2D eigenvalue weighted by molar-refractivity contribution is -0.121. The second-order valence-electron chi connectivity index (χ2n) is 4.35. The second-order valence-corrected chi connectivity index (χ2v) is 4.35. The molecule has 1 amide bonds. The fraction of sp³-hybridized carbons (Fsp3) is 0.385. The molecule has 1 unspecified atom stereocenters. The summed E-state index contributed by atoms with van der Waals surface area (Å²) in [5, 5.41) is 11.8. The third-order valence-corrected chi connectivity index (χ3v) is 3.25. The summed E-state index contributed by atoms with van der Waals surface area (Å²) < 4.78 is 0. The highest BCUT2D eigenvalue weighted by atomic mass is 16.2. The summed E-state index contributed by atoms with van der Waals surface area (Å²) in [5.74, 6) is -0.00628. The van der Waals surface area contributed by atoms with Gasteiger partial charge in [0.1, 0.15) is 12.1 Å². The molecular weight excluding hydrogens is 228 g/mol. The lowest BCUT2D eigenvalue weighted by atomic mass is 10.1. The number of nitrogen functional groups attached to an aromatic ring is 1. The van der Waals surface area contributed by atoms with E-state index >= 15 is 0 Å². The minimum atomic E-state index is -0.189. The van der Waals surface area contributed by atoms with E-state index in [0.717, 1.165) is 25.1 Å². The van der Waals surface area contributed by atoms with Gasteiger partial charge in [0, 0.05) is 19.3 Å². The van der Waals surface area contributed by atoms with Crippen LogP contribution in [0.15, 0.2) is 18.2 Å². The maximum absolute atomic E-state index is 11.8. The summed E-state index contributed by atoms with van der Waals surface area (Å²) in [5.41, 5.74) is 7.54. The molecule has 1 aliphatic heterocycles. The maximum Gasteiger partial charge on any atom is 0.242 e. The van der Waals surface area contributed by atoms with E-state index in [9.17, 15) is 4.79 Å². The number of nitrogens with zero attached hydrogens (tertiary/aromatic N) is 2. The van der Waals surface area contributed by atoms with Gasteiger partial charge in [0.2, 0.25) is 5.91 Å². The highest BCUT2D eigenvalue weighted by molar-refractivity contribution is 5.86. The molecule has 2 rings (SSSR count). The van der Waals surface area contributed by atoms with E-state index in [4.69, 9.17) is 11.0 Å². The number of rotatable bonds is 2. The van der Waals surface area contributed by atoms with Gasteiger partial charge in [0.25, 0.3) is 0 Å². The number of carbonyl (C=O) groups is 1. The van der Waals surface area contributed by atoms with Gasteiger partial charge in [0.05, 0.1) is 11.3 Å². The van der Waals surface area contributed by atoms with Crippen molar-refractivity contribution in [3.05, 3.63) is 23.8 Å². The van der Waals surface area contributed by atoms with Crippen LogP contribution in [0, 0.1) is 11.3 Å². The summed E-state index contributed by atoms with van der Waals surface area (Å²) >= 11 is 0. The van der Waals surface area contributed by atoms with E-state index in [1.807, 2.05) is 11.0 Å². The minimum absolute atomic E-state index is 0.00628. The maximum atomic E-state index is 11.8. The number of nitrogens with one attached hydrogen (secondary N) is 1. The van der Waals surface area contributed by atoms with Crippen LogP contribution < -0.4 is 16.0 Å². The van der Waals surface area contributed by atoms with Crippen LogP contribution in [-0.4, -0.2) is 25.5 Å². The first-order valence-corrected chi connectivity index (χ1v) is 5.95. The molecule has 1 heterocycles. The number of hydrogen-bond acceptors (Lipinski definition) is 4. The fourth-order valence-electron chi connectivity index (χ4n) is 2.39. The number of amides is 1. The van der Waals surface area contributed by atoms with Gasteiger partial charge in [-0.25, -0.2) is 0 Å². The zero-order valence-electron chi connectivity index (χ0n) is 10.3. The van der Waals surface area contributed by atoms with Crippen molar-refractivity contribution in [3.8, 4) is 6.07 Å². The summed E-state index contributed by atoms with van der Waals surface area (Å²) in [6, 6.07) is 7.17. The lowest BCUT2D eigenvalue weighted by Gasteiger charge is -2.26. The summed E-state index contributed by atoms with van der Waals surface area (Å²) in [4.78, 5) is 13.8. The third kappa shape index (κ3) is 2.09. The van der Waals surface area contributed by atoms with Crippen molar-refractivity contribution in [2.24, 2.45) is 0 Å². The zero-order valence-corrected chi connectivity index (χ0v) is 10.3. The number of likely N-dealkylation sites (N-methyl/N-ethyl adjacent to an activating group) is 1. The van der Waals surface area contributed by atoms with Gasteiger partial charge in [-0.3, -0.25) is 4.79 Å². The molecule has 5 heteroatoms. The first-order valence-electron chi connectivity index (χ1n) is 5.95. The Morgan fingerprint density at radius 2 is 2.39 bits per heavy atom. The number of hydrogen-bond donors (Lipinski definition) is 2. The topological polar surface area (TPSA) is 82.2 Å². The second kappa shape index (κ2) is 4.96. The Morgan fingerprint density at radius 1 is 1.61 bits per heavy atom. The largest absolute Gasteiger partial charge is 0.399 e. The quantitative estimate of drug-likeness (QED) is 0.756. The van der Waals surface area contributed by atoms with E-state index in [-0.39, 0.29) is 11.9 Å². The molecule has 0 bridgehead atoms. The van der Waals surface area contributed by atoms with Crippen molar-refractivity contribution >= 4 is 17.3 Å². The molecule has 1 fully saturated rings. The van der Waals surface area contributed by atoms with Crippen LogP contribution in [-0.2, 0) is 4.79 Å². The Labute approximate surface area is 106 Å². The third-order valence-electron chi connectivity index (χ3n) is 3.25. The first-order chi connectivity index (χ1) is 8.67. The fourth-order valence-corrected chi connectivity index (χ4v) is 2.39. The molecule has 0 radical (unpaired) electrons. The van der Waals surface area contributed by atoms with Gasteiger partial charge in [-0.1, -0.05) is 0 Å². The van der Waals surface area contributed by atoms with E-state index in [1.165, 1.54) is 0 Å². The standard InChI is InChI=1S/C13H16N4O/c1-16-13(18)12-3-2-6-17(12)11-5-4-10(15)7-9(11)8-14/h4-5,7,12H,2-3,6,15H2,1H3,(H,16,18). The predicted molar refractivity (Wildman–Crippen MR) is 70.0 cm³/mol. The van der Waals surface area contributed by atoms with Crippen molar-refractivity contribution in [1.82, 2.24) is 5.32 Å². The molecule has 3 N–H and O–H groups in total. The molecule has 94 valence electrons. The van der Waals surface area contributed by atoms with E-state index < -0.39 is 0 Å². The van der Waals surface area contributed by atoms with E-state index in [0.29, 0.717) is 11.3 Å². The molecule has 1 atom stereocenters. The Hall–Kier alpha value is -2.22. The van der Waals surface area contributed by atoms with Crippen molar-refractivity contribution in [2.75, 3.05) is 24.2 Å². The molecule has 0 spiro atoms. The van der Waals surface area contributed by atoms with Gasteiger partial charge in [-0.2, -0.15) is 5.26 Å². The molecule has 1 aromatic rings. The average Bonchev–Trinajstić information content (AvgIpc) is 2.86. The zero-order chi connectivity index (χ0) is 13.1. The van der Waals surface area contributed by atoms with Gasteiger partial charge in [-0.05, 0) is 31.0 Å². The molecule has 5 nitrogen and oxygen atoms in total. The summed E-state index contributed by atoms with van der Waals surface area (Å²) in [6.07, 6.45) is 1.77. The van der Waals surface area contributed by atoms with E-state index in [2.05, 4.69) is 11.4 Å². The van der Waals surface area contributed by atoms with Gasteiger partial charge in [-0.15, -0.1) is 0 Å². The van der Waals surface area contributed by atoms with Crippen LogP contribution in [0.1, 0.15) is 18.4 Å². The number of anilines is 2. The number of nitrogens with two attached hydrogens (primary N) is 1. The summed E-state index contributed by atoms with van der Waals surface area (Å²) in [7, 11) is 1.63. The van der Waals surface area contributed by atoms with Crippen LogP contribution in [0.25, 0.3) is 0 Å². The molecule has 1 aromatic carbocycles. The Bertz CT molecular complexity index is 506. The first kappa shape index (κ1) is 12.2. The minimum Gasteiger partial charge on any atom is -0.399 e. The van der Waals surface area contributed by atoms with Crippen molar-refractivity contribution in [3.63, 3.8) is 0 Å². The number of nitriles is 1. The average molecular weight is 244 g/mol. The van der Waals surface area contributed by atoms with E-state index in [1.54, 1.807) is 19.2 Å². The normalized spacial score (nSPS) is 18.4. The molecule has 1 aliphatic rings. The summed E-state index contributed by atoms with van der Waals surface area (Å²) in [6.45, 7) is 0.788. The predicted octanol–water partition coefficient (Wildman–Crippen LogP) is 0.855. The van der Waals surface area contributed by atoms with Gasteiger partial charge >= 0.3 is 0 Å². The smallest absolute Gasteiger partial charge is 0.242 e. The highest BCUT2D eigenvalue weighted by Gasteiger charge is 2.31.